The fraction of sp³-hybridized carbons (Fsp3) is 1.00. The van der Waals surface area contributed by atoms with Crippen LogP contribution in [0.25, 0.3) is 0 Å². The highest BCUT2D eigenvalue weighted by Gasteiger charge is 2.24. The molecule has 0 aromatic heterocycles. The second kappa shape index (κ2) is 6.12. The van der Waals surface area contributed by atoms with Gasteiger partial charge in [-0.15, -0.1) is 11.6 Å². The number of hydrogen-bond donors (Lipinski definition) is 0. The van der Waals surface area contributed by atoms with Crippen molar-refractivity contribution >= 4 is 23.4 Å². The Labute approximate surface area is 90.0 Å². The standard InChI is InChI=1S/C9H18ClNOS/c1-8-7-12-9(5-10)6-11(8)3-4-13-2/h8-9H,3-7H2,1-2H3. The number of thioether (sulfide) groups is 1. The maximum absolute atomic E-state index is 5.77. The monoisotopic (exact) mass is 223 g/mol. The highest BCUT2D eigenvalue weighted by atomic mass is 35.5. The number of rotatable bonds is 4. The van der Waals surface area contributed by atoms with Gasteiger partial charge in [0.15, 0.2) is 0 Å². The first kappa shape index (κ1) is 11.6. The van der Waals surface area contributed by atoms with Crippen molar-refractivity contribution in [2.24, 2.45) is 0 Å². The Morgan fingerprint density at radius 1 is 1.62 bits per heavy atom. The summed E-state index contributed by atoms with van der Waals surface area (Å²) in [5.41, 5.74) is 0. The van der Waals surface area contributed by atoms with E-state index in [0.29, 0.717) is 11.9 Å². The number of ether oxygens (including phenoxy) is 1. The first-order chi connectivity index (χ1) is 6.27. The molecular weight excluding hydrogens is 206 g/mol. The lowest BCUT2D eigenvalue weighted by atomic mass is 10.2. The van der Waals surface area contributed by atoms with Crippen molar-refractivity contribution in [3.05, 3.63) is 0 Å². The number of halogens is 1. The number of alkyl halides is 1. The lowest BCUT2D eigenvalue weighted by Gasteiger charge is -2.37. The maximum atomic E-state index is 5.77. The van der Waals surface area contributed by atoms with Gasteiger partial charge in [0, 0.05) is 30.8 Å². The number of nitrogens with zero attached hydrogens (tertiary/aromatic N) is 1. The van der Waals surface area contributed by atoms with Gasteiger partial charge in [0.25, 0.3) is 0 Å². The lowest BCUT2D eigenvalue weighted by Crippen LogP contribution is -2.49. The summed E-state index contributed by atoms with van der Waals surface area (Å²) in [5.74, 6) is 1.81. The van der Waals surface area contributed by atoms with Crippen molar-refractivity contribution < 1.29 is 4.74 Å². The number of morpholine rings is 1. The third-order valence-electron chi connectivity index (χ3n) is 2.39. The van der Waals surface area contributed by atoms with Crippen LogP contribution in [0.3, 0.4) is 0 Å². The minimum atomic E-state index is 0.236. The van der Waals surface area contributed by atoms with Gasteiger partial charge in [-0.05, 0) is 13.2 Å². The largest absolute Gasteiger partial charge is 0.374 e. The van der Waals surface area contributed by atoms with E-state index in [0.717, 1.165) is 19.7 Å². The fourth-order valence-corrected chi connectivity index (χ4v) is 2.09. The molecule has 1 aliphatic rings. The summed E-state index contributed by atoms with van der Waals surface area (Å²) >= 11 is 7.66. The van der Waals surface area contributed by atoms with Crippen molar-refractivity contribution in [2.75, 3.05) is 37.6 Å². The molecule has 0 saturated carbocycles. The topological polar surface area (TPSA) is 12.5 Å². The molecule has 0 radical (unpaired) electrons. The molecule has 1 aliphatic heterocycles. The third kappa shape index (κ3) is 3.66. The average Bonchev–Trinajstić information content (AvgIpc) is 2.17. The van der Waals surface area contributed by atoms with Crippen LogP contribution in [0.4, 0.5) is 0 Å². The molecule has 0 N–H and O–H groups in total. The van der Waals surface area contributed by atoms with Gasteiger partial charge < -0.3 is 4.74 Å². The summed E-state index contributed by atoms with van der Waals surface area (Å²) in [6.45, 7) is 5.18. The molecule has 0 bridgehead atoms. The lowest BCUT2D eigenvalue weighted by molar-refractivity contribution is -0.0451. The van der Waals surface area contributed by atoms with Crippen molar-refractivity contribution in [1.29, 1.82) is 0 Å². The second-order valence-electron chi connectivity index (χ2n) is 3.45. The molecular formula is C9H18ClNOS. The Morgan fingerprint density at radius 3 is 3.00 bits per heavy atom. The van der Waals surface area contributed by atoms with Gasteiger partial charge in [-0.2, -0.15) is 11.8 Å². The molecule has 1 fully saturated rings. The van der Waals surface area contributed by atoms with Gasteiger partial charge in [0.1, 0.15) is 0 Å². The van der Waals surface area contributed by atoms with E-state index < -0.39 is 0 Å². The fourth-order valence-electron chi connectivity index (χ4n) is 1.49. The predicted octanol–water partition coefficient (Wildman–Crippen LogP) is 1.68. The van der Waals surface area contributed by atoms with Crippen LogP contribution >= 0.6 is 23.4 Å². The van der Waals surface area contributed by atoms with E-state index in [1.54, 1.807) is 0 Å². The Bertz CT molecular complexity index is 148. The van der Waals surface area contributed by atoms with E-state index in [2.05, 4.69) is 18.1 Å². The van der Waals surface area contributed by atoms with E-state index in [1.165, 1.54) is 5.75 Å². The molecule has 78 valence electrons. The van der Waals surface area contributed by atoms with Crippen LogP contribution < -0.4 is 0 Å². The molecule has 0 aliphatic carbocycles. The first-order valence-electron chi connectivity index (χ1n) is 4.68. The minimum Gasteiger partial charge on any atom is -0.374 e. The molecule has 1 heterocycles. The number of hydrogen-bond acceptors (Lipinski definition) is 3. The van der Waals surface area contributed by atoms with E-state index in [1.807, 2.05) is 11.8 Å². The molecule has 0 aromatic carbocycles. The smallest absolute Gasteiger partial charge is 0.0837 e. The maximum Gasteiger partial charge on any atom is 0.0837 e. The normalized spacial score (nSPS) is 30.7. The summed E-state index contributed by atoms with van der Waals surface area (Å²) in [5, 5.41) is 0. The average molecular weight is 224 g/mol. The van der Waals surface area contributed by atoms with Crippen LogP contribution in [-0.4, -0.2) is 54.6 Å². The highest BCUT2D eigenvalue weighted by Crippen LogP contribution is 2.13. The van der Waals surface area contributed by atoms with E-state index >= 15 is 0 Å². The molecule has 0 spiro atoms. The van der Waals surface area contributed by atoms with E-state index in [9.17, 15) is 0 Å². The third-order valence-corrected chi connectivity index (χ3v) is 3.32. The van der Waals surface area contributed by atoms with Crippen molar-refractivity contribution in [3.63, 3.8) is 0 Å². The van der Waals surface area contributed by atoms with Gasteiger partial charge in [-0.25, -0.2) is 0 Å². The van der Waals surface area contributed by atoms with Crippen LogP contribution in [0.2, 0.25) is 0 Å². The molecule has 13 heavy (non-hydrogen) atoms. The molecule has 0 amide bonds. The van der Waals surface area contributed by atoms with Crippen LogP contribution in [0.5, 0.6) is 0 Å². The van der Waals surface area contributed by atoms with Crippen LogP contribution in [0.1, 0.15) is 6.92 Å². The van der Waals surface area contributed by atoms with Crippen LogP contribution in [-0.2, 0) is 4.74 Å². The van der Waals surface area contributed by atoms with Gasteiger partial charge in [-0.3, -0.25) is 4.90 Å². The zero-order valence-electron chi connectivity index (χ0n) is 8.33. The van der Waals surface area contributed by atoms with Gasteiger partial charge in [0.05, 0.1) is 12.7 Å². The molecule has 2 nitrogen and oxygen atoms in total. The second-order valence-corrected chi connectivity index (χ2v) is 4.74. The quantitative estimate of drug-likeness (QED) is 0.673. The summed E-state index contributed by atoms with van der Waals surface area (Å²) in [4.78, 5) is 2.47. The Morgan fingerprint density at radius 2 is 2.38 bits per heavy atom. The van der Waals surface area contributed by atoms with E-state index in [-0.39, 0.29) is 6.10 Å². The molecule has 2 unspecified atom stereocenters. The Hall–Kier alpha value is 0.560. The van der Waals surface area contributed by atoms with Gasteiger partial charge >= 0.3 is 0 Å². The SMILES string of the molecule is CSCCN1CC(CCl)OCC1C. The molecule has 2 atom stereocenters. The van der Waals surface area contributed by atoms with Crippen LogP contribution in [0, 0.1) is 0 Å². The van der Waals surface area contributed by atoms with Crippen LogP contribution in [0.15, 0.2) is 0 Å². The molecule has 1 rings (SSSR count). The summed E-state index contributed by atoms with van der Waals surface area (Å²) in [6.07, 6.45) is 2.38. The van der Waals surface area contributed by atoms with Gasteiger partial charge in [0.2, 0.25) is 0 Å². The highest BCUT2D eigenvalue weighted by molar-refractivity contribution is 7.98. The summed E-state index contributed by atoms with van der Waals surface area (Å²) in [7, 11) is 0. The zero-order valence-corrected chi connectivity index (χ0v) is 9.90. The van der Waals surface area contributed by atoms with Crippen molar-refractivity contribution in [1.82, 2.24) is 4.90 Å². The van der Waals surface area contributed by atoms with E-state index in [4.69, 9.17) is 16.3 Å². The Balaban J connectivity index is 2.31. The summed E-state index contributed by atoms with van der Waals surface area (Å²) in [6, 6.07) is 0.548. The molecule has 4 heteroatoms. The summed E-state index contributed by atoms with van der Waals surface area (Å²) < 4.78 is 5.57. The zero-order chi connectivity index (χ0) is 9.68. The Kier molecular flexibility index (Phi) is 5.48. The molecule has 1 saturated heterocycles. The predicted molar refractivity (Wildman–Crippen MR) is 59.9 cm³/mol. The van der Waals surface area contributed by atoms with Crippen molar-refractivity contribution in [2.45, 2.75) is 19.1 Å². The van der Waals surface area contributed by atoms with Gasteiger partial charge in [-0.1, -0.05) is 0 Å². The van der Waals surface area contributed by atoms with Crippen molar-refractivity contribution in [3.8, 4) is 0 Å². The molecule has 0 aromatic rings. The first-order valence-corrected chi connectivity index (χ1v) is 6.61. The minimum absolute atomic E-state index is 0.236.